The van der Waals surface area contributed by atoms with E-state index < -0.39 is 0 Å². The van der Waals surface area contributed by atoms with Crippen LogP contribution in [0.25, 0.3) is 10.8 Å². The van der Waals surface area contributed by atoms with Gasteiger partial charge in [0.15, 0.2) is 0 Å². The van der Waals surface area contributed by atoms with Gasteiger partial charge in [0, 0.05) is 43.3 Å². The second-order valence-electron chi connectivity index (χ2n) is 10.9. The van der Waals surface area contributed by atoms with E-state index in [-0.39, 0.29) is 11.7 Å². The fourth-order valence-corrected chi connectivity index (χ4v) is 6.13. The van der Waals surface area contributed by atoms with E-state index in [1.807, 2.05) is 81.5 Å². The minimum absolute atomic E-state index is 0.00923. The third-order valence-electron chi connectivity index (χ3n) is 8.39. The number of rotatable bonds is 7. The van der Waals surface area contributed by atoms with Gasteiger partial charge in [-0.05, 0) is 59.0 Å². The number of carbonyl (C=O) groups is 1. The molecular formula is C34H29FN6O2. The van der Waals surface area contributed by atoms with Crippen LogP contribution in [-0.2, 0) is 13.1 Å². The Labute approximate surface area is 248 Å². The van der Waals surface area contributed by atoms with Crippen molar-refractivity contribution in [2.75, 3.05) is 48.0 Å². The third-order valence-corrected chi connectivity index (χ3v) is 8.39. The van der Waals surface area contributed by atoms with Gasteiger partial charge in [0.25, 0.3) is 5.91 Å². The SMILES string of the molecule is COc1ccc(CN2C(=O)c3ccc(Cn4cc(N5CCN(c6ccc(C#N)cc6F)CC5)cn4)c4cccc2c34)cc1. The molecule has 7 rings (SSSR count). The fourth-order valence-electron chi connectivity index (χ4n) is 6.13. The molecule has 1 fully saturated rings. The molecule has 9 heteroatoms. The lowest BCUT2D eigenvalue weighted by Crippen LogP contribution is -2.46. The van der Waals surface area contributed by atoms with Crippen LogP contribution in [0, 0.1) is 17.1 Å². The highest BCUT2D eigenvalue weighted by Gasteiger charge is 2.30. The van der Waals surface area contributed by atoms with Gasteiger partial charge in [-0.15, -0.1) is 0 Å². The van der Waals surface area contributed by atoms with Crippen LogP contribution in [0.3, 0.4) is 0 Å². The Morgan fingerprint density at radius 2 is 1.72 bits per heavy atom. The van der Waals surface area contributed by atoms with E-state index >= 15 is 0 Å². The average molecular weight is 573 g/mol. The zero-order chi connectivity index (χ0) is 29.5. The van der Waals surface area contributed by atoms with Crippen molar-refractivity contribution in [3.63, 3.8) is 0 Å². The number of carbonyl (C=O) groups excluding carboxylic acids is 1. The highest BCUT2D eigenvalue weighted by atomic mass is 19.1. The Morgan fingerprint density at radius 3 is 2.47 bits per heavy atom. The molecule has 0 radical (unpaired) electrons. The number of nitrogens with zero attached hydrogens (tertiary/aromatic N) is 6. The molecule has 2 aliphatic rings. The molecule has 8 nitrogen and oxygen atoms in total. The zero-order valence-electron chi connectivity index (χ0n) is 23.7. The Kier molecular flexibility index (Phi) is 6.67. The predicted molar refractivity (Wildman–Crippen MR) is 164 cm³/mol. The van der Waals surface area contributed by atoms with Crippen LogP contribution in [0.5, 0.6) is 5.75 Å². The standard InChI is InChI=1S/C34H29FN6O2/c1-43-27-9-5-23(6-10-27)20-41-32-4-2-3-28-25(8-11-29(33(28)32)34(41)42)21-40-22-26(19-37-40)38-13-15-39(16-14-38)31-12-7-24(18-36)17-30(31)35/h2-12,17,19,22H,13-16,20-21H2,1H3. The smallest absolute Gasteiger partial charge is 0.259 e. The summed E-state index contributed by atoms with van der Waals surface area (Å²) >= 11 is 0. The van der Waals surface area contributed by atoms with Crippen LogP contribution in [0.2, 0.25) is 0 Å². The minimum atomic E-state index is -0.365. The van der Waals surface area contributed by atoms with Crippen molar-refractivity contribution in [2.45, 2.75) is 13.1 Å². The summed E-state index contributed by atoms with van der Waals surface area (Å²) in [6, 6.07) is 24.5. The number of hydrogen-bond acceptors (Lipinski definition) is 6. The molecule has 0 unspecified atom stereocenters. The number of aromatic nitrogens is 2. The van der Waals surface area contributed by atoms with E-state index in [1.165, 1.54) is 6.07 Å². The molecule has 214 valence electrons. The Morgan fingerprint density at radius 1 is 0.930 bits per heavy atom. The minimum Gasteiger partial charge on any atom is -0.497 e. The molecule has 0 aliphatic carbocycles. The largest absolute Gasteiger partial charge is 0.497 e. The van der Waals surface area contributed by atoms with Crippen LogP contribution in [0.1, 0.15) is 27.0 Å². The summed E-state index contributed by atoms with van der Waals surface area (Å²) in [5, 5.41) is 15.7. The highest BCUT2D eigenvalue weighted by Crippen LogP contribution is 2.40. The summed E-state index contributed by atoms with van der Waals surface area (Å²) in [6.07, 6.45) is 3.92. The van der Waals surface area contributed by atoms with Crippen LogP contribution >= 0.6 is 0 Å². The van der Waals surface area contributed by atoms with Crippen molar-refractivity contribution in [3.8, 4) is 11.8 Å². The second-order valence-corrected chi connectivity index (χ2v) is 10.9. The molecule has 5 aromatic rings. The monoisotopic (exact) mass is 572 g/mol. The maximum atomic E-state index is 14.5. The van der Waals surface area contributed by atoms with Crippen LogP contribution in [0.4, 0.5) is 21.5 Å². The number of halogens is 1. The van der Waals surface area contributed by atoms with E-state index in [4.69, 9.17) is 10.00 Å². The first kappa shape index (κ1) is 26.5. The second kappa shape index (κ2) is 10.8. The first-order valence-corrected chi connectivity index (χ1v) is 14.2. The van der Waals surface area contributed by atoms with Crippen molar-refractivity contribution >= 4 is 33.7 Å². The maximum absolute atomic E-state index is 14.5. The number of nitriles is 1. The summed E-state index contributed by atoms with van der Waals surface area (Å²) in [4.78, 5) is 19.6. The van der Waals surface area contributed by atoms with Crippen molar-refractivity contribution in [3.05, 3.63) is 113 Å². The van der Waals surface area contributed by atoms with E-state index in [9.17, 15) is 9.18 Å². The normalized spacial score (nSPS) is 14.4. The first-order valence-electron chi connectivity index (χ1n) is 14.2. The molecule has 1 saturated heterocycles. The van der Waals surface area contributed by atoms with Gasteiger partial charge in [-0.1, -0.05) is 30.3 Å². The molecule has 0 atom stereocenters. The lowest BCUT2D eigenvalue weighted by molar-refractivity contribution is 0.0991. The van der Waals surface area contributed by atoms with Gasteiger partial charge in [-0.25, -0.2) is 4.39 Å². The van der Waals surface area contributed by atoms with Gasteiger partial charge < -0.3 is 19.4 Å². The number of methoxy groups -OCH3 is 1. The van der Waals surface area contributed by atoms with Crippen LogP contribution in [-0.4, -0.2) is 49.0 Å². The van der Waals surface area contributed by atoms with Crippen molar-refractivity contribution in [2.24, 2.45) is 0 Å². The molecule has 3 heterocycles. The summed E-state index contributed by atoms with van der Waals surface area (Å²) in [5.41, 5.74) is 5.65. The Bertz CT molecular complexity index is 1890. The zero-order valence-corrected chi connectivity index (χ0v) is 23.7. The number of amides is 1. The fraction of sp³-hybridized carbons (Fsp3) is 0.206. The Hall–Kier alpha value is -5.36. The summed E-state index contributed by atoms with van der Waals surface area (Å²) in [5.74, 6) is 0.431. The summed E-state index contributed by atoms with van der Waals surface area (Å²) in [7, 11) is 1.64. The molecule has 2 aliphatic heterocycles. The van der Waals surface area contributed by atoms with Crippen molar-refractivity contribution in [1.29, 1.82) is 5.26 Å². The quantitative estimate of drug-likeness (QED) is 0.253. The molecule has 1 amide bonds. The van der Waals surface area contributed by atoms with Gasteiger partial charge in [0.1, 0.15) is 11.6 Å². The molecule has 4 aromatic carbocycles. The van der Waals surface area contributed by atoms with Crippen molar-refractivity contribution in [1.82, 2.24) is 9.78 Å². The van der Waals surface area contributed by atoms with E-state index in [2.05, 4.69) is 16.1 Å². The van der Waals surface area contributed by atoms with Crippen molar-refractivity contribution < 1.29 is 13.9 Å². The van der Waals surface area contributed by atoms with Gasteiger partial charge in [0.05, 0.1) is 55.1 Å². The van der Waals surface area contributed by atoms with Gasteiger partial charge >= 0.3 is 0 Å². The van der Waals surface area contributed by atoms with E-state index in [0.29, 0.717) is 37.4 Å². The maximum Gasteiger partial charge on any atom is 0.259 e. The molecule has 0 bridgehead atoms. The summed E-state index contributed by atoms with van der Waals surface area (Å²) < 4.78 is 21.7. The third kappa shape index (κ3) is 4.81. The van der Waals surface area contributed by atoms with Gasteiger partial charge in [0.2, 0.25) is 0 Å². The molecule has 0 spiro atoms. The number of benzene rings is 4. The lowest BCUT2D eigenvalue weighted by atomic mass is 10.00. The Balaban J connectivity index is 1.07. The number of ether oxygens (including phenoxy) is 1. The van der Waals surface area contributed by atoms with E-state index in [0.717, 1.165) is 57.7 Å². The molecular weight excluding hydrogens is 543 g/mol. The molecule has 43 heavy (non-hydrogen) atoms. The van der Waals surface area contributed by atoms with Gasteiger partial charge in [-0.3, -0.25) is 9.48 Å². The number of anilines is 3. The van der Waals surface area contributed by atoms with E-state index in [1.54, 1.807) is 19.2 Å². The molecule has 1 aromatic heterocycles. The summed E-state index contributed by atoms with van der Waals surface area (Å²) in [6.45, 7) is 3.87. The van der Waals surface area contributed by atoms with Crippen LogP contribution < -0.4 is 19.4 Å². The molecule has 0 saturated carbocycles. The predicted octanol–water partition coefficient (Wildman–Crippen LogP) is 5.59. The molecule has 0 N–H and O–H groups in total. The topological polar surface area (TPSA) is 77.6 Å². The highest BCUT2D eigenvalue weighted by molar-refractivity contribution is 6.25. The average Bonchev–Trinajstić information content (AvgIpc) is 3.62. The van der Waals surface area contributed by atoms with Gasteiger partial charge in [-0.2, -0.15) is 10.4 Å². The number of hydrogen-bond donors (Lipinski definition) is 0. The van der Waals surface area contributed by atoms with Crippen LogP contribution in [0.15, 0.2) is 85.2 Å². The number of piperazine rings is 1. The first-order chi connectivity index (χ1) is 21.0. The lowest BCUT2D eigenvalue weighted by Gasteiger charge is -2.36.